The molecule has 2 N–H and O–H groups in total. The van der Waals surface area contributed by atoms with Crippen LogP contribution in [0.4, 0.5) is 5.13 Å². The van der Waals surface area contributed by atoms with E-state index in [1.54, 1.807) is 0 Å². The van der Waals surface area contributed by atoms with Gasteiger partial charge in [-0.05, 0) is 13.8 Å². The quantitative estimate of drug-likeness (QED) is 0.850. The van der Waals surface area contributed by atoms with Crippen LogP contribution in [0.15, 0.2) is 0 Å². The highest BCUT2D eigenvalue weighted by molar-refractivity contribution is 7.16. The number of rotatable bonds is 4. The minimum absolute atomic E-state index is 0.0230. The number of halogens is 1. The summed E-state index contributed by atoms with van der Waals surface area (Å²) < 4.78 is 0. The molecule has 0 saturated carbocycles. The maximum absolute atomic E-state index is 9.21. The van der Waals surface area contributed by atoms with Crippen LogP contribution < -0.4 is 4.90 Å². The molecular weight excluding hydrogens is 236 g/mol. The highest BCUT2D eigenvalue weighted by atomic mass is 35.5. The summed E-state index contributed by atoms with van der Waals surface area (Å²) in [6, 6.07) is 0. The van der Waals surface area contributed by atoms with Gasteiger partial charge >= 0.3 is 0 Å². The molecule has 0 unspecified atom stereocenters. The molecule has 0 aliphatic carbocycles. The summed E-state index contributed by atoms with van der Waals surface area (Å²) in [6.45, 7) is 3.72. The Labute approximate surface area is 98.1 Å². The molecule has 0 aliphatic rings. The number of nitrogens with zero attached hydrogens (tertiary/aromatic N) is 2. The first-order valence-electron chi connectivity index (χ1n) is 4.53. The van der Waals surface area contributed by atoms with E-state index in [1.807, 2.05) is 25.8 Å². The lowest BCUT2D eigenvalue weighted by Gasteiger charge is -2.33. The molecule has 0 saturated heterocycles. The van der Waals surface area contributed by atoms with Gasteiger partial charge in [0.2, 0.25) is 0 Å². The van der Waals surface area contributed by atoms with E-state index in [0.29, 0.717) is 15.2 Å². The Morgan fingerprint density at radius 3 is 2.47 bits per heavy atom. The predicted octanol–water partition coefficient (Wildman–Crippen LogP) is 1.50. The summed E-state index contributed by atoms with van der Waals surface area (Å²) in [5.74, 6) is 0. The number of thiazole rings is 1. The Kier molecular flexibility index (Phi) is 3.94. The Balaban J connectivity index is 2.96. The molecule has 0 radical (unpaired) electrons. The maximum atomic E-state index is 9.21. The average molecular weight is 251 g/mol. The summed E-state index contributed by atoms with van der Waals surface area (Å²) in [5.41, 5.74) is -0.395. The zero-order valence-corrected chi connectivity index (χ0v) is 10.6. The Bertz CT molecular complexity index is 341. The molecule has 6 heteroatoms. The van der Waals surface area contributed by atoms with Gasteiger partial charge in [0.1, 0.15) is 5.15 Å². The molecule has 15 heavy (non-hydrogen) atoms. The third kappa shape index (κ3) is 2.60. The van der Waals surface area contributed by atoms with Crippen molar-refractivity contribution in [3.8, 4) is 0 Å². The van der Waals surface area contributed by atoms with E-state index in [4.69, 9.17) is 16.7 Å². The molecule has 0 amide bonds. The Hall–Kier alpha value is -0.360. The van der Waals surface area contributed by atoms with Crippen LogP contribution in [-0.2, 0) is 6.61 Å². The number of likely N-dealkylation sites (N-methyl/N-ethyl adjacent to an activating group) is 1. The smallest absolute Gasteiger partial charge is 0.187 e. The van der Waals surface area contributed by atoms with Crippen LogP contribution in [0.2, 0.25) is 5.15 Å². The van der Waals surface area contributed by atoms with Gasteiger partial charge in [-0.2, -0.15) is 0 Å². The second-order valence-electron chi connectivity index (χ2n) is 3.90. The highest BCUT2D eigenvalue weighted by Crippen LogP contribution is 2.32. The fraction of sp³-hybridized carbons (Fsp3) is 0.667. The van der Waals surface area contributed by atoms with Gasteiger partial charge in [-0.25, -0.2) is 4.98 Å². The van der Waals surface area contributed by atoms with Crippen molar-refractivity contribution in [1.29, 1.82) is 0 Å². The van der Waals surface area contributed by atoms with Crippen molar-refractivity contribution in [2.24, 2.45) is 0 Å². The van der Waals surface area contributed by atoms with Crippen LogP contribution in [0.25, 0.3) is 0 Å². The van der Waals surface area contributed by atoms with Gasteiger partial charge < -0.3 is 15.1 Å². The number of hydrogen-bond donors (Lipinski definition) is 2. The number of aliphatic hydroxyl groups is 2. The fourth-order valence-corrected chi connectivity index (χ4v) is 2.17. The maximum Gasteiger partial charge on any atom is 0.187 e. The van der Waals surface area contributed by atoms with Crippen molar-refractivity contribution < 1.29 is 10.2 Å². The van der Waals surface area contributed by atoms with Crippen molar-refractivity contribution in [3.05, 3.63) is 10.0 Å². The molecule has 0 aromatic carbocycles. The molecule has 4 nitrogen and oxygen atoms in total. The summed E-state index contributed by atoms with van der Waals surface area (Å²) in [6.07, 6.45) is 0. The highest BCUT2D eigenvalue weighted by Gasteiger charge is 2.25. The molecule has 1 aromatic heterocycles. The van der Waals surface area contributed by atoms with E-state index >= 15 is 0 Å². The van der Waals surface area contributed by atoms with Crippen molar-refractivity contribution in [1.82, 2.24) is 4.98 Å². The third-order valence-electron chi connectivity index (χ3n) is 2.36. The van der Waals surface area contributed by atoms with Gasteiger partial charge in [0.25, 0.3) is 0 Å². The van der Waals surface area contributed by atoms with Gasteiger partial charge in [0.05, 0.1) is 23.6 Å². The minimum atomic E-state index is -0.395. The van der Waals surface area contributed by atoms with Gasteiger partial charge in [-0.3, -0.25) is 0 Å². The largest absolute Gasteiger partial charge is 0.394 e. The van der Waals surface area contributed by atoms with Crippen molar-refractivity contribution in [2.75, 3.05) is 18.6 Å². The molecule has 0 fully saturated rings. The fourth-order valence-electron chi connectivity index (χ4n) is 0.927. The number of anilines is 1. The molecule has 86 valence electrons. The molecule has 1 rings (SSSR count). The van der Waals surface area contributed by atoms with E-state index in [9.17, 15) is 5.11 Å². The van der Waals surface area contributed by atoms with Crippen LogP contribution in [0.1, 0.15) is 18.7 Å². The van der Waals surface area contributed by atoms with E-state index < -0.39 is 5.54 Å². The topological polar surface area (TPSA) is 56.6 Å². The molecule has 0 aliphatic heterocycles. The molecule has 0 bridgehead atoms. The van der Waals surface area contributed by atoms with Crippen molar-refractivity contribution >= 4 is 28.1 Å². The second kappa shape index (κ2) is 4.65. The lowest BCUT2D eigenvalue weighted by atomic mass is 10.1. The van der Waals surface area contributed by atoms with Gasteiger partial charge in [0.15, 0.2) is 5.13 Å². The molecular formula is C9H15ClN2O2S. The SMILES string of the molecule is CN(c1nc(Cl)c(CO)s1)C(C)(C)CO. The van der Waals surface area contributed by atoms with E-state index in [-0.39, 0.29) is 13.2 Å². The predicted molar refractivity (Wildman–Crippen MR) is 62.6 cm³/mol. The van der Waals surface area contributed by atoms with Crippen LogP contribution in [0.5, 0.6) is 0 Å². The number of aliphatic hydroxyl groups excluding tert-OH is 2. The van der Waals surface area contributed by atoms with Crippen LogP contribution in [0.3, 0.4) is 0 Å². The molecule has 0 atom stereocenters. The van der Waals surface area contributed by atoms with E-state index in [1.165, 1.54) is 11.3 Å². The van der Waals surface area contributed by atoms with Crippen LogP contribution in [0, 0.1) is 0 Å². The molecule has 1 heterocycles. The normalized spacial score (nSPS) is 11.9. The summed E-state index contributed by atoms with van der Waals surface area (Å²) in [5, 5.41) is 19.2. The van der Waals surface area contributed by atoms with Crippen molar-refractivity contribution in [2.45, 2.75) is 26.0 Å². The van der Waals surface area contributed by atoms with E-state index in [2.05, 4.69) is 4.98 Å². The standard InChI is InChI=1S/C9H15ClN2O2S/c1-9(2,5-14)12(3)8-11-7(10)6(4-13)15-8/h13-14H,4-5H2,1-3H3. The third-order valence-corrected chi connectivity index (χ3v) is 3.91. The first-order valence-corrected chi connectivity index (χ1v) is 5.72. The zero-order valence-electron chi connectivity index (χ0n) is 8.99. The van der Waals surface area contributed by atoms with E-state index in [0.717, 1.165) is 0 Å². The Morgan fingerprint density at radius 1 is 1.47 bits per heavy atom. The van der Waals surface area contributed by atoms with Crippen LogP contribution >= 0.6 is 22.9 Å². The molecule has 0 spiro atoms. The van der Waals surface area contributed by atoms with Gasteiger partial charge in [-0.1, -0.05) is 22.9 Å². The zero-order chi connectivity index (χ0) is 11.6. The molecule has 1 aromatic rings. The number of aromatic nitrogens is 1. The lowest BCUT2D eigenvalue weighted by molar-refractivity contribution is 0.216. The van der Waals surface area contributed by atoms with Crippen LogP contribution in [-0.4, -0.2) is 34.4 Å². The van der Waals surface area contributed by atoms with Gasteiger partial charge in [0, 0.05) is 7.05 Å². The summed E-state index contributed by atoms with van der Waals surface area (Å²) in [4.78, 5) is 6.63. The minimum Gasteiger partial charge on any atom is -0.394 e. The van der Waals surface area contributed by atoms with Crippen molar-refractivity contribution in [3.63, 3.8) is 0 Å². The monoisotopic (exact) mass is 250 g/mol. The first-order chi connectivity index (χ1) is 6.92. The first kappa shape index (κ1) is 12.7. The summed E-state index contributed by atoms with van der Waals surface area (Å²) >= 11 is 7.16. The van der Waals surface area contributed by atoms with Gasteiger partial charge in [-0.15, -0.1) is 0 Å². The average Bonchev–Trinajstić information content (AvgIpc) is 2.58. The Morgan fingerprint density at radius 2 is 2.07 bits per heavy atom. The summed E-state index contributed by atoms with van der Waals surface area (Å²) in [7, 11) is 1.84. The number of hydrogen-bond acceptors (Lipinski definition) is 5. The lowest BCUT2D eigenvalue weighted by Crippen LogP contribution is -2.44. The second-order valence-corrected chi connectivity index (χ2v) is 5.32.